The van der Waals surface area contributed by atoms with Gasteiger partial charge in [-0.25, -0.2) is 0 Å². The third-order valence-corrected chi connectivity index (χ3v) is 1.08. The van der Waals surface area contributed by atoms with E-state index in [1.54, 1.807) is 6.08 Å². The van der Waals surface area contributed by atoms with Crippen LogP contribution in [0.4, 0.5) is 0 Å². The van der Waals surface area contributed by atoms with Crippen LogP contribution in [-0.4, -0.2) is 17.4 Å². The van der Waals surface area contributed by atoms with Gasteiger partial charge in [0, 0.05) is 18.5 Å². The van der Waals surface area contributed by atoms with Crippen molar-refractivity contribution in [1.29, 1.82) is 0 Å². The van der Waals surface area contributed by atoms with Crippen molar-refractivity contribution >= 4 is 5.71 Å². The normalized spacial score (nSPS) is 11.1. The van der Waals surface area contributed by atoms with E-state index in [9.17, 15) is 0 Å². The zero-order valence-corrected chi connectivity index (χ0v) is 6.08. The third-order valence-electron chi connectivity index (χ3n) is 1.08. The van der Waals surface area contributed by atoms with E-state index in [1.165, 1.54) is 6.20 Å². The topological polar surface area (TPSA) is 32.6 Å². The second-order valence-electron chi connectivity index (χ2n) is 1.83. The Morgan fingerprint density at radius 3 is 2.60 bits per heavy atom. The molecule has 0 aliphatic rings. The van der Waals surface area contributed by atoms with Crippen LogP contribution in [0.15, 0.2) is 30.4 Å². The van der Waals surface area contributed by atoms with Crippen molar-refractivity contribution in [3.05, 3.63) is 25.4 Å². The first kappa shape index (κ1) is 9.11. The van der Waals surface area contributed by atoms with Gasteiger partial charge in [0.25, 0.3) is 0 Å². The summed E-state index contributed by atoms with van der Waals surface area (Å²) >= 11 is 0. The van der Waals surface area contributed by atoms with Crippen LogP contribution in [0.1, 0.15) is 12.8 Å². The summed E-state index contributed by atoms with van der Waals surface area (Å²) in [5.41, 5.74) is 0.879. The summed E-state index contributed by atoms with van der Waals surface area (Å²) in [6.45, 7) is 7.23. The predicted octanol–water partition coefficient (Wildman–Crippen LogP) is 1.53. The molecule has 0 fully saturated rings. The van der Waals surface area contributed by atoms with Gasteiger partial charge in [0.2, 0.25) is 0 Å². The lowest BCUT2D eigenvalue weighted by atomic mass is 10.2. The van der Waals surface area contributed by atoms with Gasteiger partial charge in [-0.1, -0.05) is 13.2 Å². The molecule has 0 aromatic rings. The van der Waals surface area contributed by atoms with Crippen molar-refractivity contribution < 1.29 is 5.11 Å². The van der Waals surface area contributed by atoms with Gasteiger partial charge < -0.3 is 5.11 Å². The minimum atomic E-state index is 0.198. The van der Waals surface area contributed by atoms with Crippen molar-refractivity contribution in [2.45, 2.75) is 12.8 Å². The Labute approximate surface area is 61.6 Å². The van der Waals surface area contributed by atoms with Crippen LogP contribution in [-0.2, 0) is 0 Å². The Kier molecular flexibility index (Phi) is 5.68. The highest BCUT2D eigenvalue weighted by molar-refractivity contribution is 5.94. The molecule has 56 valence electrons. The minimum Gasteiger partial charge on any atom is -0.396 e. The maximum absolute atomic E-state index is 8.46. The maximum Gasteiger partial charge on any atom is 0.0434 e. The fraction of sp³-hybridized carbons (Fsp3) is 0.375. The first-order valence-electron chi connectivity index (χ1n) is 3.26. The molecule has 0 aromatic carbocycles. The van der Waals surface area contributed by atoms with Crippen LogP contribution < -0.4 is 0 Å². The molecule has 1 N–H and O–H groups in total. The lowest BCUT2D eigenvalue weighted by Crippen LogP contribution is -1.94. The molecule has 0 bridgehead atoms. The van der Waals surface area contributed by atoms with Crippen molar-refractivity contribution in [2.24, 2.45) is 4.99 Å². The Hall–Kier alpha value is -0.890. The quantitative estimate of drug-likeness (QED) is 0.575. The molecule has 0 radical (unpaired) electrons. The third kappa shape index (κ3) is 4.04. The van der Waals surface area contributed by atoms with Crippen molar-refractivity contribution in [3.63, 3.8) is 0 Å². The zero-order valence-electron chi connectivity index (χ0n) is 6.08. The Bertz CT molecular complexity index is 138. The van der Waals surface area contributed by atoms with Crippen molar-refractivity contribution in [2.75, 3.05) is 6.61 Å². The fourth-order valence-corrected chi connectivity index (χ4v) is 0.597. The molecule has 0 spiro atoms. The van der Waals surface area contributed by atoms with E-state index in [1.807, 2.05) is 0 Å². The average Bonchev–Trinajstić information content (AvgIpc) is 1.98. The van der Waals surface area contributed by atoms with Crippen molar-refractivity contribution in [3.8, 4) is 0 Å². The Balaban J connectivity index is 3.70. The highest BCUT2D eigenvalue weighted by Gasteiger charge is 1.90. The van der Waals surface area contributed by atoms with E-state index < -0.39 is 0 Å². The van der Waals surface area contributed by atoms with Crippen molar-refractivity contribution in [1.82, 2.24) is 0 Å². The van der Waals surface area contributed by atoms with E-state index >= 15 is 0 Å². The molecule has 10 heavy (non-hydrogen) atoms. The predicted molar refractivity (Wildman–Crippen MR) is 44.1 cm³/mol. The standard InChI is InChI=1S/C8H13NO/c1-3-8(9-4-2)6-5-7-10/h3-4,10H,1-2,5-7H2. The second-order valence-corrected chi connectivity index (χ2v) is 1.83. The molecule has 2 nitrogen and oxygen atoms in total. The molecule has 0 saturated heterocycles. The number of allylic oxidation sites excluding steroid dienone is 1. The van der Waals surface area contributed by atoms with Crippen LogP contribution in [0.3, 0.4) is 0 Å². The zero-order chi connectivity index (χ0) is 7.82. The lowest BCUT2D eigenvalue weighted by Gasteiger charge is -1.95. The largest absolute Gasteiger partial charge is 0.396 e. The number of rotatable bonds is 5. The van der Waals surface area contributed by atoms with Crippen LogP contribution in [0.5, 0.6) is 0 Å². The van der Waals surface area contributed by atoms with Crippen LogP contribution in [0.2, 0.25) is 0 Å². The Morgan fingerprint density at radius 2 is 2.20 bits per heavy atom. The van der Waals surface area contributed by atoms with Gasteiger partial charge in [0.05, 0.1) is 0 Å². The van der Waals surface area contributed by atoms with Gasteiger partial charge in [-0.05, 0) is 18.9 Å². The van der Waals surface area contributed by atoms with E-state index in [0.29, 0.717) is 0 Å². The van der Waals surface area contributed by atoms with Crippen LogP contribution >= 0.6 is 0 Å². The number of hydrogen-bond donors (Lipinski definition) is 1. The molecular formula is C8H13NO. The second kappa shape index (κ2) is 6.23. The molecule has 0 aliphatic carbocycles. The number of aliphatic hydroxyl groups is 1. The number of aliphatic imine (C=N–C) groups is 1. The van der Waals surface area contributed by atoms with E-state index in [-0.39, 0.29) is 6.61 Å². The smallest absolute Gasteiger partial charge is 0.0434 e. The molecular weight excluding hydrogens is 126 g/mol. The monoisotopic (exact) mass is 139 g/mol. The first-order chi connectivity index (χ1) is 4.85. The molecule has 0 saturated carbocycles. The van der Waals surface area contributed by atoms with E-state index in [2.05, 4.69) is 18.2 Å². The summed E-state index contributed by atoms with van der Waals surface area (Å²) in [4.78, 5) is 3.93. The summed E-state index contributed by atoms with van der Waals surface area (Å²) in [6.07, 6.45) is 4.66. The van der Waals surface area contributed by atoms with Gasteiger partial charge in [-0.15, -0.1) is 0 Å². The average molecular weight is 139 g/mol. The molecule has 0 unspecified atom stereocenters. The van der Waals surface area contributed by atoms with Gasteiger partial charge in [0.15, 0.2) is 0 Å². The van der Waals surface area contributed by atoms with Crippen LogP contribution in [0, 0.1) is 0 Å². The van der Waals surface area contributed by atoms with Gasteiger partial charge in [-0.3, -0.25) is 4.99 Å². The summed E-state index contributed by atoms with van der Waals surface area (Å²) in [7, 11) is 0. The highest BCUT2D eigenvalue weighted by atomic mass is 16.2. The molecule has 2 heteroatoms. The lowest BCUT2D eigenvalue weighted by molar-refractivity contribution is 0.291. The Morgan fingerprint density at radius 1 is 1.50 bits per heavy atom. The van der Waals surface area contributed by atoms with Gasteiger partial charge in [0.1, 0.15) is 0 Å². The van der Waals surface area contributed by atoms with Gasteiger partial charge >= 0.3 is 0 Å². The molecule has 0 aliphatic heterocycles. The highest BCUT2D eigenvalue weighted by Crippen LogP contribution is 1.93. The SMILES string of the molecule is C=CN=C(C=C)CCCO. The molecule has 0 aromatic heterocycles. The number of aliphatic hydroxyl groups excluding tert-OH is 1. The molecule has 0 heterocycles. The summed E-state index contributed by atoms with van der Waals surface area (Å²) in [5.74, 6) is 0. The van der Waals surface area contributed by atoms with E-state index in [0.717, 1.165) is 18.6 Å². The minimum absolute atomic E-state index is 0.198. The summed E-state index contributed by atoms with van der Waals surface area (Å²) < 4.78 is 0. The summed E-state index contributed by atoms with van der Waals surface area (Å²) in [5, 5.41) is 8.46. The van der Waals surface area contributed by atoms with Crippen LogP contribution in [0.25, 0.3) is 0 Å². The number of nitrogens with zero attached hydrogens (tertiary/aromatic N) is 1. The summed E-state index contributed by atoms with van der Waals surface area (Å²) in [6, 6.07) is 0. The first-order valence-corrected chi connectivity index (χ1v) is 3.26. The fourth-order valence-electron chi connectivity index (χ4n) is 0.597. The maximum atomic E-state index is 8.46. The molecule has 0 atom stereocenters. The van der Waals surface area contributed by atoms with Gasteiger partial charge in [-0.2, -0.15) is 0 Å². The number of hydrogen-bond acceptors (Lipinski definition) is 2. The van der Waals surface area contributed by atoms with E-state index in [4.69, 9.17) is 5.11 Å². The molecule has 0 rings (SSSR count). The molecule has 0 amide bonds.